The highest BCUT2D eigenvalue weighted by Crippen LogP contribution is 2.43. The lowest BCUT2D eigenvalue weighted by molar-refractivity contribution is -0.161. The van der Waals surface area contributed by atoms with Gasteiger partial charge in [-0.2, -0.15) is 0 Å². The first-order chi connectivity index (χ1) is 32.8. The van der Waals surface area contributed by atoms with Crippen LogP contribution in [0.25, 0.3) is 0 Å². The maximum Gasteiger partial charge on any atom is 0.472 e. The normalized spacial score (nSPS) is 13.7. The fourth-order valence-corrected chi connectivity index (χ4v) is 8.35. The molecule has 2 atom stereocenters. The molecule has 388 valence electrons. The highest BCUT2D eigenvalue weighted by atomic mass is 31.2. The molecule has 0 saturated carbocycles. The van der Waals surface area contributed by atoms with Gasteiger partial charge in [-0.25, -0.2) is 4.57 Å². The minimum absolute atomic E-state index is 0.0539. The number of unbranched alkanes of at least 4 members (excludes halogenated alkanes) is 26. The molecule has 0 aliphatic rings. The molecule has 3 N–H and O–H groups in total. The standard InChI is InChI=1S/C57H102NO8P/c1-3-5-7-9-11-12-13-14-15-16-17-18-19-20-21-22-23-24-25-26-27-28-29-30-31-32-33-34-35-36-37-38-39-40-41-42-44-46-48-50-57(60)66-55(54-65-67(61,62)64-52-51-58)53-63-56(59)49-47-45-43-10-8-6-4-2/h5,7,11-12,14-15,17-18,20-21,23-24,55H,3-4,6,8-10,13,16,19,22,25-54,58H2,1-2H3,(H,61,62)/b7-5-,12-11-,15-14-,18-17-,21-20-,24-23-. The molecule has 0 saturated heterocycles. The first kappa shape index (κ1) is 64.5. The first-order valence-electron chi connectivity index (χ1n) is 27.4. The van der Waals surface area contributed by atoms with E-state index in [9.17, 15) is 19.0 Å². The molecule has 2 unspecified atom stereocenters. The fraction of sp³-hybridized carbons (Fsp3) is 0.754. The van der Waals surface area contributed by atoms with Gasteiger partial charge in [0.2, 0.25) is 0 Å². The Morgan fingerprint density at radius 2 is 0.821 bits per heavy atom. The van der Waals surface area contributed by atoms with Gasteiger partial charge in [0.05, 0.1) is 13.2 Å². The second kappa shape index (κ2) is 52.8. The highest BCUT2D eigenvalue weighted by molar-refractivity contribution is 7.47. The summed E-state index contributed by atoms with van der Waals surface area (Å²) in [6.45, 7) is 3.58. The van der Waals surface area contributed by atoms with Crippen LogP contribution in [0.5, 0.6) is 0 Å². The smallest absolute Gasteiger partial charge is 0.462 e. The highest BCUT2D eigenvalue weighted by Gasteiger charge is 2.26. The number of ether oxygens (including phenoxy) is 2. The lowest BCUT2D eigenvalue weighted by Crippen LogP contribution is -2.29. The lowest BCUT2D eigenvalue weighted by atomic mass is 10.0. The summed E-state index contributed by atoms with van der Waals surface area (Å²) < 4.78 is 32.7. The summed E-state index contributed by atoms with van der Waals surface area (Å²) in [5.41, 5.74) is 5.35. The molecule has 0 amide bonds. The number of nitrogens with two attached hydrogens (primary N) is 1. The molecule has 9 nitrogen and oxygen atoms in total. The van der Waals surface area contributed by atoms with Gasteiger partial charge < -0.3 is 20.1 Å². The van der Waals surface area contributed by atoms with E-state index in [1.54, 1.807) is 0 Å². The largest absolute Gasteiger partial charge is 0.472 e. The van der Waals surface area contributed by atoms with Crippen LogP contribution in [0.2, 0.25) is 0 Å². The molecular weight excluding hydrogens is 858 g/mol. The summed E-state index contributed by atoms with van der Waals surface area (Å²) in [5.74, 6) is -0.828. The van der Waals surface area contributed by atoms with Crippen molar-refractivity contribution in [3.05, 3.63) is 72.9 Å². The maximum atomic E-state index is 12.6. The molecule has 10 heteroatoms. The summed E-state index contributed by atoms with van der Waals surface area (Å²) >= 11 is 0. The zero-order valence-electron chi connectivity index (χ0n) is 43.1. The van der Waals surface area contributed by atoms with Crippen molar-refractivity contribution in [1.29, 1.82) is 0 Å². The molecule has 0 heterocycles. The van der Waals surface area contributed by atoms with Crippen molar-refractivity contribution in [2.24, 2.45) is 5.73 Å². The Hall–Kier alpha value is -2.55. The Morgan fingerprint density at radius 1 is 0.463 bits per heavy atom. The summed E-state index contributed by atoms with van der Waals surface area (Å²) in [6, 6.07) is 0. The van der Waals surface area contributed by atoms with Crippen molar-refractivity contribution >= 4 is 19.8 Å². The predicted octanol–water partition coefficient (Wildman–Crippen LogP) is 17.0. The van der Waals surface area contributed by atoms with Crippen LogP contribution in [0.15, 0.2) is 72.9 Å². The Labute approximate surface area is 411 Å². The molecule has 0 bridgehead atoms. The summed E-state index contributed by atoms with van der Waals surface area (Å²) in [4.78, 5) is 34.8. The monoisotopic (exact) mass is 960 g/mol. The number of rotatable bonds is 51. The van der Waals surface area contributed by atoms with E-state index in [-0.39, 0.29) is 38.6 Å². The van der Waals surface area contributed by atoms with Crippen LogP contribution in [0.1, 0.15) is 245 Å². The van der Waals surface area contributed by atoms with Crippen molar-refractivity contribution in [2.75, 3.05) is 26.4 Å². The molecule has 0 fully saturated rings. The van der Waals surface area contributed by atoms with Crippen molar-refractivity contribution < 1.29 is 37.6 Å². The SMILES string of the molecule is CC/C=C\C/C=C\C/C=C\C/C=C\C/C=C\C/C=C\CCCCCCCCCCCCCCCCCCCCCCC(=O)OC(COC(=O)CCCCCCCCC)COP(=O)(O)OCCN. The van der Waals surface area contributed by atoms with Gasteiger partial charge in [0.25, 0.3) is 0 Å². The van der Waals surface area contributed by atoms with Crippen LogP contribution in [-0.4, -0.2) is 49.3 Å². The number of allylic oxidation sites excluding steroid dienone is 12. The summed E-state index contributed by atoms with van der Waals surface area (Å²) in [5, 5.41) is 0. The number of hydrogen-bond acceptors (Lipinski definition) is 8. The van der Waals surface area contributed by atoms with Gasteiger partial charge in [0.15, 0.2) is 6.10 Å². The molecule has 0 aliphatic heterocycles. The third-order valence-corrected chi connectivity index (χ3v) is 12.6. The molecule has 0 radical (unpaired) electrons. The van der Waals surface area contributed by atoms with E-state index in [0.717, 1.165) is 70.6 Å². The number of carbonyl (C=O) groups is 2. The molecular formula is C57H102NO8P. The van der Waals surface area contributed by atoms with Crippen LogP contribution >= 0.6 is 7.82 Å². The van der Waals surface area contributed by atoms with E-state index in [1.165, 1.54) is 141 Å². The van der Waals surface area contributed by atoms with Gasteiger partial charge in [0, 0.05) is 19.4 Å². The zero-order chi connectivity index (χ0) is 48.8. The van der Waals surface area contributed by atoms with Gasteiger partial charge in [-0.3, -0.25) is 18.6 Å². The van der Waals surface area contributed by atoms with E-state index < -0.39 is 26.5 Å². The number of phosphoric ester groups is 1. The van der Waals surface area contributed by atoms with Crippen LogP contribution in [-0.2, 0) is 32.7 Å². The van der Waals surface area contributed by atoms with Crippen molar-refractivity contribution in [3.63, 3.8) is 0 Å². The molecule has 0 spiro atoms. The van der Waals surface area contributed by atoms with Crippen molar-refractivity contribution in [3.8, 4) is 0 Å². The van der Waals surface area contributed by atoms with Crippen LogP contribution < -0.4 is 5.73 Å². The summed E-state index contributed by atoms with van der Waals surface area (Å²) in [7, 11) is -4.37. The number of hydrogen-bond donors (Lipinski definition) is 2. The van der Waals surface area contributed by atoms with E-state index in [2.05, 4.69) is 86.8 Å². The Morgan fingerprint density at radius 3 is 1.22 bits per heavy atom. The Balaban J connectivity index is 3.72. The first-order valence-corrected chi connectivity index (χ1v) is 28.9. The van der Waals surface area contributed by atoms with Gasteiger partial charge in [-0.15, -0.1) is 0 Å². The number of esters is 2. The molecule has 0 aliphatic carbocycles. The van der Waals surface area contributed by atoms with Crippen LogP contribution in [0.3, 0.4) is 0 Å². The second-order valence-corrected chi connectivity index (χ2v) is 19.5. The van der Waals surface area contributed by atoms with E-state index in [1.807, 2.05) is 0 Å². The molecule has 0 aromatic carbocycles. The maximum absolute atomic E-state index is 12.6. The van der Waals surface area contributed by atoms with E-state index in [0.29, 0.717) is 6.42 Å². The third-order valence-electron chi connectivity index (χ3n) is 11.6. The average molecular weight is 960 g/mol. The fourth-order valence-electron chi connectivity index (χ4n) is 7.58. The van der Waals surface area contributed by atoms with Gasteiger partial charge in [0.1, 0.15) is 6.61 Å². The zero-order valence-corrected chi connectivity index (χ0v) is 44.0. The van der Waals surface area contributed by atoms with Crippen LogP contribution in [0.4, 0.5) is 0 Å². The van der Waals surface area contributed by atoms with Gasteiger partial charge >= 0.3 is 19.8 Å². The molecule has 0 aromatic heterocycles. The van der Waals surface area contributed by atoms with E-state index in [4.69, 9.17) is 24.3 Å². The molecule has 0 rings (SSSR count). The summed E-state index contributed by atoms with van der Waals surface area (Å²) in [6.07, 6.45) is 67.2. The third kappa shape index (κ3) is 52.7. The minimum atomic E-state index is -4.37. The average Bonchev–Trinajstić information content (AvgIpc) is 3.32. The van der Waals surface area contributed by atoms with Gasteiger partial charge in [-0.05, 0) is 64.2 Å². The Kier molecular flexibility index (Phi) is 50.8. The molecule has 67 heavy (non-hydrogen) atoms. The van der Waals surface area contributed by atoms with Crippen LogP contribution in [0, 0.1) is 0 Å². The predicted molar refractivity (Wildman–Crippen MR) is 284 cm³/mol. The van der Waals surface area contributed by atoms with Crippen molar-refractivity contribution in [2.45, 2.75) is 251 Å². The second-order valence-electron chi connectivity index (χ2n) is 18.1. The Bertz CT molecular complexity index is 1320. The minimum Gasteiger partial charge on any atom is -0.462 e. The number of phosphoric acid groups is 1. The topological polar surface area (TPSA) is 134 Å². The van der Waals surface area contributed by atoms with E-state index >= 15 is 0 Å². The quantitative estimate of drug-likeness (QED) is 0.0264. The number of carbonyl (C=O) groups excluding carboxylic acids is 2. The van der Waals surface area contributed by atoms with Gasteiger partial charge in [-0.1, -0.05) is 241 Å². The van der Waals surface area contributed by atoms with Crippen molar-refractivity contribution in [1.82, 2.24) is 0 Å². The molecule has 0 aromatic rings. The lowest BCUT2D eigenvalue weighted by Gasteiger charge is -2.19.